The summed E-state index contributed by atoms with van der Waals surface area (Å²) in [6, 6.07) is 10.8. The fourth-order valence-electron chi connectivity index (χ4n) is 2.59. The number of aromatic nitrogens is 3. The van der Waals surface area contributed by atoms with Gasteiger partial charge in [0.15, 0.2) is 5.82 Å². The van der Waals surface area contributed by atoms with Gasteiger partial charge in [-0.1, -0.05) is 12.1 Å². The van der Waals surface area contributed by atoms with Crippen LogP contribution >= 0.6 is 0 Å². The van der Waals surface area contributed by atoms with Crippen LogP contribution in [0.3, 0.4) is 0 Å². The average molecular weight is 356 g/mol. The Morgan fingerprint density at radius 2 is 1.69 bits per heavy atom. The molecule has 0 spiro atoms. The molecule has 4 nitrogen and oxygen atoms in total. The van der Waals surface area contributed by atoms with Gasteiger partial charge in [0.05, 0.1) is 11.3 Å². The number of alkyl halides is 3. The number of hydrogen-bond donors (Lipinski definition) is 1. The van der Waals surface area contributed by atoms with E-state index in [1.165, 1.54) is 6.07 Å². The van der Waals surface area contributed by atoms with E-state index in [0.29, 0.717) is 28.9 Å². The second-order valence-electron chi connectivity index (χ2n) is 6.20. The van der Waals surface area contributed by atoms with Crippen LogP contribution in [0.25, 0.3) is 22.6 Å². The van der Waals surface area contributed by atoms with Crippen molar-refractivity contribution in [3.05, 3.63) is 60.4 Å². The zero-order valence-electron chi connectivity index (χ0n) is 13.7. The molecule has 2 heterocycles. The van der Waals surface area contributed by atoms with E-state index in [0.717, 1.165) is 30.5 Å². The quantitative estimate of drug-likeness (QED) is 0.730. The Balaban J connectivity index is 1.80. The van der Waals surface area contributed by atoms with Gasteiger partial charge in [-0.2, -0.15) is 13.2 Å². The average Bonchev–Trinajstić information content (AvgIpc) is 3.45. The molecule has 3 aromatic rings. The Bertz CT molecular complexity index is 922. The molecule has 1 aliphatic carbocycles. The number of anilines is 1. The molecule has 1 fully saturated rings. The van der Waals surface area contributed by atoms with Gasteiger partial charge in [-0.25, -0.2) is 9.97 Å². The highest BCUT2D eigenvalue weighted by Crippen LogP contribution is 2.33. The maximum Gasteiger partial charge on any atom is 0.416 e. The molecule has 1 aromatic carbocycles. The van der Waals surface area contributed by atoms with Gasteiger partial charge < -0.3 is 5.32 Å². The highest BCUT2D eigenvalue weighted by atomic mass is 19.4. The number of hydrogen-bond acceptors (Lipinski definition) is 4. The SMILES string of the molecule is FC(F)(F)c1cccc(-c2cc(NC3CC3)nc(-c3ccncc3)n2)c1. The van der Waals surface area contributed by atoms with Gasteiger partial charge in [-0.15, -0.1) is 0 Å². The van der Waals surface area contributed by atoms with Crippen molar-refractivity contribution in [2.24, 2.45) is 0 Å². The number of rotatable bonds is 4. The van der Waals surface area contributed by atoms with E-state index in [1.807, 2.05) is 0 Å². The Morgan fingerprint density at radius 1 is 0.923 bits per heavy atom. The van der Waals surface area contributed by atoms with Crippen LogP contribution in [0.4, 0.5) is 19.0 Å². The van der Waals surface area contributed by atoms with Crippen LogP contribution in [-0.4, -0.2) is 21.0 Å². The van der Waals surface area contributed by atoms with E-state index in [-0.39, 0.29) is 0 Å². The van der Waals surface area contributed by atoms with Gasteiger partial charge in [-0.3, -0.25) is 4.98 Å². The molecule has 2 aromatic heterocycles. The molecule has 0 atom stereocenters. The van der Waals surface area contributed by atoms with E-state index in [4.69, 9.17) is 0 Å². The van der Waals surface area contributed by atoms with Gasteiger partial charge in [0.25, 0.3) is 0 Å². The zero-order valence-corrected chi connectivity index (χ0v) is 13.7. The third-order valence-electron chi connectivity index (χ3n) is 4.08. The third-order valence-corrected chi connectivity index (χ3v) is 4.08. The van der Waals surface area contributed by atoms with Crippen molar-refractivity contribution < 1.29 is 13.2 Å². The summed E-state index contributed by atoms with van der Waals surface area (Å²) in [6.07, 6.45) is 0.986. The lowest BCUT2D eigenvalue weighted by Crippen LogP contribution is -2.06. The highest BCUT2D eigenvalue weighted by molar-refractivity contribution is 5.68. The second-order valence-corrected chi connectivity index (χ2v) is 6.20. The summed E-state index contributed by atoms with van der Waals surface area (Å²) in [4.78, 5) is 13.0. The van der Waals surface area contributed by atoms with Crippen LogP contribution in [0.15, 0.2) is 54.9 Å². The first-order chi connectivity index (χ1) is 12.5. The molecule has 26 heavy (non-hydrogen) atoms. The molecular formula is C19H15F3N4. The highest BCUT2D eigenvalue weighted by Gasteiger charge is 2.30. The van der Waals surface area contributed by atoms with Crippen LogP contribution in [0.2, 0.25) is 0 Å². The lowest BCUT2D eigenvalue weighted by molar-refractivity contribution is -0.137. The lowest BCUT2D eigenvalue weighted by atomic mass is 10.1. The molecule has 0 saturated heterocycles. The minimum Gasteiger partial charge on any atom is -0.367 e. The fraction of sp³-hybridized carbons (Fsp3) is 0.211. The predicted molar refractivity (Wildman–Crippen MR) is 92.3 cm³/mol. The Morgan fingerprint density at radius 3 is 2.38 bits per heavy atom. The number of nitrogens with one attached hydrogen (secondary N) is 1. The monoisotopic (exact) mass is 356 g/mol. The molecular weight excluding hydrogens is 341 g/mol. The minimum atomic E-state index is -4.40. The van der Waals surface area contributed by atoms with E-state index in [2.05, 4.69) is 20.3 Å². The van der Waals surface area contributed by atoms with Crippen molar-refractivity contribution in [3.63, 3.8) is 0 Å². The van der Waals surface area contributed by atoms with Crippen LogP contribution < -0.4 is 5.32 Å². The molecule has 132 valence electrons. The van der Waals surface area contributed by atoms with Crippen LogP contribution in [-0.2, 0) is 6.18 Å². The fourth-order valence-corrected chi connectivity index (χ4v) is 2.59. The molecule has 0 bridgehead atoms. The molecule has 7 heteroatoms. The van der Waals surface area contributed by atoms with Gasteiger partial charge in [-0.05, 0) is 37.1 Å². The summed E-state index contributed by atoms with van der Waals surface area (Å²) in [5.74, 6) is 1.06. The smallest absolute Gasteiger partial charge is 0.367 e. The largest absolute Gasteiger partial charge is 0.416 e. The lowest BCUT2D eigenvalue weighted by Gasteiger charge is -2.12. The molecule has 0 radical (unpaired) electrons. The summed E-state index contributed by atoms with van der Waals surface area (Å²) >= 11 is 0. The van der Waals surface area contributed by atoms with Crippen molar-refractivity contribution in [3.8, 4) is 22.6 Å². The van der Waals surface area contributed by atoms with Gasteiger partial charge >= 0.3 is 6.18 Å². The maximum absolute atomic E-state index is 13.0. The number of nitrogens with zero attached hydrogens (tertiary/aromatic N) is 3. The molecule has 1 aliphatic rings. The van der Waals surface area contributed by atoms with Crippen molar-refractivity contribution in [2.75, 3.05) is 5.32 Å². The molecule has 4 rings (SSSR count). The first kappa shape index (κ1) is 16.5. The number of benzene rings is 1. The van der Waals surface area contributed by atoms with Crippen molar-refractivity contribution in [2.45, 2.75) is 25.1 Å². The summed E-state index contributed by atoms with van der Waals surface area (Å²) in [5, 5.41) is 3.29. The maximum atomic E-state index is 13.0. The van der Waals surface area contributed by atoms with Crippen molar-refractivity contribution >= 4 is 5.82 Å². The summed E-state index contributed by atoms with van der Waals surface area (Å²) in [5.41, 5.74) is 0.904. The molecule has 1 N–H and O–H groups in total. The Kier molecular flexibility index (Phi) is 4.06. The molecule has 0 unspecified atom stereocenters. The topological polar surface area (TPSA) is 50.7 Å². The van der Waals surface area contributed by atoms with E-state index < -0.39 is 11.7 Å². The molecule has 0 amide bonds. The summed E-state index contributed by atoms with van der Waals surface area (Å²) in [6.45, 7) is 0. The van der Waals surface area contributed by atoms with Gasteiger partial charge in [0.2, 0.25) is 0 Å². The Hall–Kier alpha value is -2.96. The van der Waals surface area contributed by atoms with Gasteiger partial charge in [0.1, 0.15) is 5.82 Å². The van der Waals surface area contributed by atoms with Crippen LogP contribution in [0.1, 0.15) is 18.4 Å². The van der Waals surface area contributed by atoms with E-state index >= 15 is 0 Å². The van der Waals surface area contributed by atoms with Crippen LogP contribution in [0.5, 0.6) is 0 Å². The Labute approximate surface area is 148 Å². The van der Waals surface area contributed by atoms with Crippen LogP contribution in [0, 0.1) is 0 Å². The minimum absolute atomic E-state index is 0.365. The predicted octanol–water partition coefficient (Wildman–Crippen LogP) is 4.80. The normalized spacial score (nSPS) is 14.3. The van der Waals surface area contributed by atoms with E-state index in [1.54, 1.807) is 36.7 Å². The molecule has 1 saturated carbocycles. The third kappa shape index (κ3) is 3.66. The first-order valence-electron chi connectivity index (χ1n) is 8.23. The zero-order chi connectivity index (χ0) is 18.1. The number of halogens is 3. The van der Waals surface area contributed by atoms with Crippen molar-refractivity contribution in [1.82, 2.24) is 15.0 Å². The standard InChI is InChI=1S/C19H15F3N4/c20-19(21,22)14-3-1-2-13(10-14)16-11-17(24-15-4-5-15)26-18(25-16)12-6-8-23-9-7-12/h1-3,6-11,15H,4-5H2,(H,24,25,26). The summed E-state index contributed by atoms with van der Waals surface area (Å²) in [7, 11) is 0. The van der Waals surface area contributed by atoms with Crippen molar-refractivity contribution in [1.29, 1.82) is 0 Å². The number of pyridine rings is 1. The van der Waals surface area contributed by atoms with E-state index in [9.17, 15) is 13.2 Å². The second kappa shape index (κ2) is 6.40. The van der Waals surface area contributed by atoms with Gasteiger partial charge in [0, 0.05) is 35.6 Å². The first-order valence-corrected chi connectivity index (χ1v) is 8.23. The summed E-state index contributed by atoms with van der Waals surface area (Å²) < 4.78 is 39.1. The molecule has 0 aliphatic heterocycles.